The van der Waals surface area contributed by atoms with E-state index >= 15 is 0 Å². The smallest absolute Gasteiger partial charge is 0.269 e. The first-order chi connectivity index (χ1) is 19.0. The first kappa shape index (κ1) is 27.3. The van der Waals surface area contributed by atoms with Gasteiger partial charge in [0.15, 0.2) is 5.69 Å². The Morgan fingerprint density at radius 3 is 2.58 bits per heavy atom. The van der Waals surface area contributed by atoms with E-state index in [-0.39, 0.29) is 47.8 Å². The molecule has 1 aromatic carbocycles. The number of rotatable bonds is 8. The summed E-state index contributed by atoms with van der Waals surface area (Å²) in [4.78, 5) is 57.7. The molecule has 12 nitrogen and oxygen atoms in total. The zero-order valence-electron chi connectivity index (χ0n) is 22.8. The van der Waals surface area contributed by atoms with Crippen molar-refractivity contribution < 1.29 is 19.2 Å². The van der Waals surface area contributed by atoms with Gasteiger partial charge in [-0.05, 0) is 68.4 Å². The third kappa shape index (κ3) is 5.14. The van der Waals surface area contributed by atoms with Gasteiger partial charge in [0.2, 0.25) is 17.7 Å². The Hall–Kier alpha value is -4.32. The van der Waals surface area contributed by atoms with Gasteiger partial charge >= 0.3 is 0 Å². The van der Waals surface area contributed by atoms with Crippen molar-refractivity contribution in [2.24, 2.45) is 23.3 Å². The van der Waals surface area contributed by atoms with Crippen LogP contribution < -0.4 is 22.1 Å². The molecule has 2 aliphatic rings. The summed E-state index contributed by atoms with van der Waals surface area (Å²) in [5, 5.41) is 10.4. The van der Waals surface area contributed by atoms with Crippen LogP contribution in [0.4, 0.5) is 11.5 Å². The first-order valence-corrected chi connectivity index (χ1v) is 13.5. The van der Waals surface area contributed by atoms with Crippen LogP contribution in [-0.2, 0) is 20.9 Å². The number of primary amides is 1. The molecule has 1 saturated carbocycles. The van der Waals surface area contributed by atoms with Crippen molar-refractivity contribution >= 4 is 46.0 Å². The number of amides is 4. The fraction of sp³-hybridized carbons (Fsp3) is 0.429. The molecular formula is C28H34N8O4. The van der Waals surface area contributed by atoms with E-state index in [0.29, 0.717) is 22.4 Å². The molecule has 2 bridgehead atoms. The topological polar surface area (TPSA) is 178 Å². The number of nitrogens with zero attached hydrogens (tertiary/aromatic N) is 4. The van der Waals surface area contributed by atoms with Gasteiger partial charge in [-0.2, -0.15) is 5.10 Å². The van der Waals surface area contributed by atoms with E-state index in [0.717, 1.165) is 25.0 Å². The summed E-state index contributed by atoms with van der Waals surface area (Å²) < 4.78 is 1.42. The lowest BCUT2D eigenvalue weighted by atomic mass is 9.97. The third-order valence-electron chi connectivity index (χ3n) is 7.84. The summed E-state index contributed by atoms with van der Waals surface area (Å²) in [6, 6.07) is 8.95. The molecule has 0 spiro atoms. The lowest BCUT2D eigenvalue weighted by Gasteiger charge is -2.34. The molecule has 1 aliphatic carbocycles. The molecular weight excluding hydrogens is 512 g/mol. The van der Waals surface area contributed by atoms with Gasteiger partial charge in [-0.25, -0.2) is 4.98 Å². The Kier molecular flexibility index (Phi) is 7.28. The summed E-state index contributed by atoms with van der Waals surface area (Å²) in [5.74, 6) is -1.20. The van der Waals surface area contributed by atoms with Crippen LogP contribution in [0.5, 0.6) is 0 Å². The van der Waals surface area contributed by atoms with E-state index in [1.54, 1.807) is 29.2 Å². The quantitative estimate of drug-likeness (QED) is 0.332. The number of anilines is 2. The van der Waals surface area contributed by atoms with Crippen molar-refractivity contribution in [2.75, 3.05) is 10.6 Å². The Morgan fingerprint density at radius 1 is 1.10 bits per heavy atom. The highest BCUT2D eigenvalue weighted by Gasteiger charge is 2.51. The van der Waals surface area contributed by atoms with Gasteiger partial charge in [-0.15, -0.1) is 0 Å². The predicted octanol–water partition coefficient (Wildman–Crippen LogP) is 1.78. The van der Waals surface area contributed by atoms with Crippen LogP contribution in [-0.4, -0.2) is 61.4 Å². The maximum Gasteiger partial charge on any atom is 0.269 e. The van der Waals surface area contributed by atoms with Gasteiger partial charge in [-0.3, -0.25) is 23.9 Å². The second-order valence-electron chi connectivity index (χ2n) is 11.0. The van der Waals surface area contributed by atoms with Crippen LogP contribution in [0.25, 0.3) is 10.9 Å². The fourth-order valence-corrected chi connectivity index (χ4v) is 5.79. The lowest BCUT2D eigenvalue weighted by molar-refractivity contribution is -0.141. The van der Waals surface area contributed by atoms with Gasteiger partial charge in [-0.1, -0.05) is 19.9 Å². The van der Waals surface area contributed by atoms with Crippen molar-refractivity contribution in [2.45, 2.75) is 64.7 Å². The standard InChI is InChI=1S/C28H34N8O4/c1-14(2)23(29)27(39)32-17-8-10-20-19(12-17)24(26(30)38)34-35(20)13-22(37)36-18-9-7-16(11-18)25(36)28(40)33-21-6-4-5-15(3)31-21/h4-6,8,10,12,14,16,18,23,25H,7,9,11,13,29H2,1-3H3,(H2,30,38)(H,32,39)(H,31,33,40)/t16-,18+,23-,25-/m0/s1. The number of nitrogens with two attached hydrogens (primary N) is 2. The van der Waals surface area contributed by atoms with Crippen LogP contribution in [0.1, 0.15) is 49.3 Å². The minimum atomic E-state index is -0.762. The highest BCUT2D eigenvalue weighted by atomic mass is 16.2. The van der Waals surface area contributed by atoms with Crippen LogP contribution in [0.3, 0.4) is 0 Å². The Morgan fingerprint density at radius 2 is 1.88 bits per heavy atom. The summed E-state index contributed by atoms with van der Waals surface area (Å²) in [6.07, 6.45) is 2.47. The van der Waals surface area contributed by atoms with Gasteiger partial charge < -0.3 is 27.0 Å². The van der Waals surface area contributed by atoms with E-state index in [1.165, 1.54) is 4.68 Å². The molecule has 5 rings (SSSR count). The number of pyridine rings is 1. The second-order valence-corrected chi connectivity index (χ2v) is 11.0. The number of aryl methyl sites for hydroxylation is 1. The number of piperidine rings is 1. The minimum Gasteiger partial charge on any atom is -0.364 e. The Labute approximate surface area is 231 Å². The van der Waals surface area contributed by atoms with Crippen molar-refractivity contribution in [1.29, 1.82) is 0 Å². The lowest BCUT2D eigenvalue weighted by Crippen LogP contribution is -2.52. The average Bonchev–Trinajstić information content (AvgIpc) is 3.61. The van der Waals surface area contributed by atoms with Crippen LogP contribution in [0.2, 0.25) is 0 Å². The van der Waals surface area contributed by atoms with Gasteiger partial charge in [0.1, 0.15) is 18.4 Å². The molecule has 2 aromatic heterocycles. The Balaban J connectivity index is 1.39. The maximum atomic E-state index is 13.7. The largest absolute Gasteiger partial charge is 0.364 e. The van der Waals surface area contributed by atoms with Crippen LogP contribution >= 0.6 is 0 Å². The molecule has 3 aromatic rings. The first-order valence-electron chi connectivity index (χ1n) is 13.5. The van der Waals surface area contributed by atoms with Crippen LogP contribution in [0, 0.1) is 18.8 Å². The summed E-state index contributed by atoms with van der Waals surface area (Å²) in [6.45, 7) is 5.36. The molecule has 3 heterocycles. The highest BCUT2D eigenvalue weighted by Crippen LogP contribution is 2.43. The number of hydrogen-bond donors (Lipinski definition) is 4. The Bertz CT molecular complexity index is 1500. The second kappa shape index (κ2) is 10.7. The predicted molar refractivity (Wildman–Crippen MR) is 149 cm³/mol. The van der Waals surface area contributed by atoms with E-state index < -0.39 is 18.0 Å². The summed E-state index contributed by atoms with van der Waals surface area (Å²) in [7, 11) is 0. The molecule has 4 amide bonds. The number of fused-ring (bicyclic) bond motifs is 3. The number of carbonyl (C=O) groups excluding carboxylic acids is 4. The number of hydrogen-bond acceptors (Lipinski definition) is 7. The van der Waals surface area contributed by atoms with E-state index in [4.69, 9.17) is 11.5 Å². The molecule has 0 radical (unpaired) electrons. The van der Waals surface area contributed by atoms with Crippen molar-refractivity contribution in [3.05, 3.63) is 47.8 Å². The number of nitrogens with one attached hydrogen (secondary N) is 2. The molecule has 0 unspecified atom stereocenters. The van der Waals surface area contributed by atoms with Crippen molar-refractivity contribution in [3.63, 3.8) is 0 Å². The van der Waals surface area contributed by atoms with Gasteiger partial charge in [0, 0.05) is 22.8 Å². The number of aromatic nitrogens is 3. The number of carbonyl (C=O) groups is 4. The van der Waals surface area contributed by atoms with E-state index in [1.807, 2.05) is 32.9 Å². The minimum absolute atomic E-state index is 0.0187. The van der Waals surface area contributed by atoms with Crippen molar-refractivity contribution in [1.82, 2.24) is 19.7 Å². The molecule has 4 atom stereocenters. The highest BCUT2D eigenvalue weighted by molar-refractivity contribution is 6.06. The molecule has 6 N–H and O–H groups in total. The summed E-state index contributed by atoms with van der Waals surface area (Å²) >= 11 is 0. The summed E-state index contributed by atoms with van der Waals surface area (Å²) in [5.41, 5.74) is 13.2. The molecule has 12 heteroatoms. The monoisotopic (exact) mass is 546 g/mol. The number of likely N-dealkylation sites (tertiary alicyclic amines) is 1. The SMILES string of the molecule is Cc1cccc(NC(=O)[C@@H]2[C@H]3CC[C@H](C3)N2C(=O)Cn2nc(C(N)=O)c3cc(NC(=O)[C@@H](N)C(C)C)ccc32)n1. The molecule has 1 saturated heterocycles. The molecule has 40 heavy (non-hydrogen) atoms. The van der Waals surface area contributed by atoms with Gasteiger partial charge in [0.25, 0.3) is 5.91 Å². The van der Waals surface area contributed by atoms with E-state index in [9.17, 15) is 19.2 Å². The van der Waals surface area contributed by atoms with Gasteiger partial charge in [0.05, 0.1) is 11.6 Å². The fourth-order valence-electron chi connectivity index (χ4n) is 5.79. The zero-order chi connectivity index (χ0) is 28.7. The van der Waals surface area contributed by atoms with Crippen LogP contribution in [0.15, 0.2) is 36.4 Å². The maximum absolute atomic E-state index is 13.7. The molecule has 1 aliphatic heterocycles. The third-order valence-corrected chi connectivity index (χ3v) is 7.84. The average molecular weight is 547 g/mol. The molecule has 210 valence electrons. The van der Waals surface area contributed by atoms with E-state index in [2.05, 4.69) is 20.7 Å². The molecule has 2 fully saturated rings. The normalized spacial score (nSPS) is 20.6. The number of benzene rings is 1. The zero-order valence-corrected chi connectivity index (χ0v) is 22.8. The van der Waals surface area contributed by atoms with Crippen molar-refractivity contribution in [3.8, 4) is 0 Å².